The van der Waals surface area contributed by atoms with Crippen molar-refractivity contribution in [1.82, 2.24) is 0 Å². The molecule has 1 aliphatic rings. The molecule has 0 spiro atoms. The summed E-state index contributed by atoms with van der Waals surface area (Å²) in [5, 5.41) is 1.57. The first-order chi connectivity index (χ1) is 9.94. The van der Waals surface area contributed by atoms with Crippen molar-refractivity contribution in [3.8, 4) is 0 Å². The van der Waals surface area contributed by atoms with Crippen molar-refractivity contribution in [3.05, 3.63) is 58.4 Å². The first-order valence-corrected chi connectivity index (χ1v) is 8.83. The molecule has 0 aromatic heterocycles. The van der Waals surface area contributed by atoms with Gasteiger partial charge in [0.05, 0.1) is 9.52 Å². The van der Waals surface area contributed by atoms with Crippen LogP contribution >= 0.6 is 24.8 Å². The number of rotatable bonds is 2. The third kappa shape index (κ3) is 9.73. The van der Waals surface area contributed by atoms with Gasteiger partial charge in [-0.25, -0.2) is 5.57 Å². The van der Waals surface area contributed by atoms with Crippen molar-refractivity contribution >= 4 is 39.5 Å². The molecule has 138 valence electrons. The van der Waals surface area contributed by atoms with Crippen molar-refractivity contribution in [2.45, 2.75) is 66.0 Å². The minimum absolute atomic E-state index is 0. The van der Waals surface area contributed by atoms with Crippen molar-refractivity contribution in [1.29, 1.82) is 0 Å². The van der Waals surface area contributed by atoms with E-state index in [1.807, 2.05) is 20.8 Å². The quantitative estimate of drug-likeness (QED) is 0.355. The van der Waals surface area contributed by atoms with Gasteiger partial charge in [-0.3, -0.25) is 6.08 Å². The van der Waals surface area contributed by atoms with Gasteiger partial charge in [0, 0.05) is 0 Å². The number of aryl methyl sites for hydroxylation is 1. The number of hydrogen-bond donors (Lipinski definition) is 0. The summed E-state index contributed by atoms with van der Waals surface area (Å²) in [7, 11) is 0.772. The zero-order chi connectivity index (χ0) is 17.1. The topological polar surface area (TPSA) is 23.8 Å². The van der Waals surface area contributed by atoms with Crippen LogP contribution in [0.25, 0.3) is 5.73 Å². The van der Waals surface area contributed by atoms with Gasteiger partial charge in [-0.1, -0.05) is 81.6 Å². The summed E-state index contributed by atoms with van der Waals surface area (Å²) >= 11 is 0. The number of hydrogen-bond acceptors (Lipinski definition) is 0. The number of halogens is 2. The van der Waals surface area contributed by atoms with Gasteiger partial charge in [-0.15, -0.1) is 37.3 Å². The van der Waals surface area contributed by atoms with Gasteiger partial charge >= 0.3 is 26.2 Å². The van der Waals surface area contributed by atoms with Crippen molar-refractivity contribution in [3.63, 3.8) is 0 Å². The van der Waals surface area contributed by atoms with Crippen LogP contribution in [0.4, 0.5) is 0 Å². The molecular weight excluding hydrogens is 444 g/mol. The molecule has 0 heterocycles. The molecule has 2 rings (SSSR count). The number of allylic oxidation sites excluding steroid dienone is 4. The van der Waals surface area contributed by atoms with Crippen LogP contribution in [-0.2, 0) is 26.2 Å². The van der Waals surface area contributed by atoms with Gasteiger partial charge in [0.2, 0.25) is 0 Å². The standard InChI is InChI=1S/C16H19Si.C4H10N.2ClH.Zr/c1-11-8-6-7-9-15(11)17-16(5)10-12(2)13(3)14(16)4;1-4(2,3)5;;;/h6-9H,1-5H3;5H,1-3H3;2*1H;/q2*-1;;;+2. The van der Waals surface area contributed by atoms with Gasteiger partial charge in [-0.2, -0.15) is 11.1 Å². The van der Waals surface area contributed by atoms with E-state index in [-0.39, 0.29) is 61.6 Å². The Labute approximate surface area is 189 Å². The molecule has 1 nitrogen and oxygen atoms in total. The van der Waals surface area contributed by atoms with Gasteiger partial charge in [0.1, 0.15) is 0 Å². The second-order valence-corrected chi connectivity index (χ2v) is 9.10. The van der Waals surface area contributed by atoms with E-state index in [1.165, 1.54) is 27.5 Å². The summed E-state index contributed by atoms with van der Waals surface area (Å²) in [5.41, 5.74) is 12.3. The predicted octanol–water partition coefficient (Wildman–Crippen LogP) is 6.28. The van der Waals surface area contributed by atoms with Crippen molar-refractivity contribution in [2.24, 2.45) is 0 Å². The third-order valence-corrected chi connectivity index (χ3v) is 5.67. The molecule has 1 aliphatic carbocycles. The molecular formula is C20H31Cl2NSiZr. The number of nitrogens with one attached hydrogen (secondary N) is 1. The molecule has 0 bridgehead atoms. The molecule has 1 N–H and O–H groups in total. The van der Waals surface area contributed by atoms with Crippen LogP contribution in [0.5, 0.6) is 0 Å². The van der Waals surface area contributed by atoms with Crippen LogP contribution in [0, 0.1) is 13.0 Å². The van der Waals surface area contributed by atoms with E-state index in [2.05, 4.69) is 65.0 Å². The fraction of sp³-hybridized carbons (Fsp3) is 0.500. The maximum atomic E-state index is 6.94. The predicted molar refractivity (Wildman–Crippen MR) is 114 cm³/mol. The van der Waals surface area contributed by atoms with Gasteiger partial charge in [-0.05, 0) is 6.92 Å². The molecule has 25 heavy (non-hydrogen) atoms. The molecule has 0 saturated carbocycles. The summed E-state index contributed by atoms with van der Waals surface area (Å²) in [6.45, 7) is 16.7. The van der Waals surface area contributed by atoms with E-state index < -0.39 is 0 Å². The Balaban J connectivity index is -0.000000539. The average molecular weight is 476 g/mol. The van der Waals surface area contributed by atoms with Crippen LogP contribution in [0.3, 0.4) is 0 Å². The van der Waals surface area contributed by atoms with Crippen LogP contribution in [0.2, 0.25) is 5.04 Å². The fourth-order valence-electron chi connectivity index (χ4n) is 2.33. The van der Waals surface area contributed by atoms with E-state index in [9.17, 15) is 0 Å². The summed E-state index contributed by atoms with van der Waals surface area (Å²) in [4.78, 5) is 0. The second-order valence-electron chi connectivity index (χ2n) is 7.31. The zero-order valence-electron chi connectivity index (χ0n) is 16.6. The third-order valence-electron chi connectivity index (χ3n) is 3.84. The second kappa shape index (κ2) is 11.9. The molecule has 5 heteroatoms. The average Bonchev–Trinajstić information content (AvgIpc) is 2.55. The Morgan fingerprint density at radius 3 is 1.80 bits per heavy atom. The van der Waals surface area contributed by atoms with Crippen molar-refractivity contribution in [2.75, 3.05) is 0 Å². The first-order valence-electron chi connectivity index (χ1n) is 7.83. The maximum absolute atomic E-state index is 6.94. The van der Waals surface area contributed by atoms with Crippen molar-refractivity contribution < 1.29 is 26.2 Å². The molecule has 2 radical (unpaired) electrons. The minimum atomic E-state index is -0.250. The molecule has 0 fully saturated rings. The Morgan fingerprint density at radius 1 is 1.00 bits per heavy atom. The van der Waals surface area contributed by atoms with Gasteiger partial charge in [0.15, 0.2) is 0 Å². The maximum Gasteiger partial charge on any atom is 2.00 e. The SMILES string of the molecule is CC(C)(C)[NH-].CC1=[C-]C(C)([Si]c2ccccc2C)C(C)=C1C.Cl.Cl.[Zr+2]. The molecule has 1 unspecified atom stereocenters. The Hall–Kier alpha value is 0.340. The van der Waals surface area contributed by atoms with Crippen LogP contribution in [0.15, 0.2) is 41.0 Å². The van der Waals surface area contributed by atoms with E-state index in [0.29, 0.717) is 0 Å². The molecule has 0 aliphatic heterocycles. The summed E-state index contributed by atoms with van der Waals surface area (Å²) in [5.74, 6) is 0. The van der Waals surface area contributed by atoms with E-state index in [0.717, 1.165) is 9.52 Å². The molecule has 0 saturated heterocycles. The smallest absolute Gasteiger partial charge is 0.673 e. The first kappa shape index (κ1) is 30.1. The Kier molecular flexibility index (Phi) is 14.4. The molecule has 1 aromatic rings. The van der Waals surface area contributed by atoms with Gasteiger partial charge in [0.25, 0.3) is 0 Å². The summed E-state index contributed by atoms with van der Waals surface area (Å²) < 4.78 is 0. The number of benzene rings is 1. The monoisotopic (exact) mass is 473 g/mol. The van der Waals surface area contributed by atoms with Crippen LogP contribution in [-0.4, -0.2) is 15.1 Å². The molecule has 0 amide bonds. The van der Waals surface area contributed by atoms with Crippen LogP contribution in [0.1, 0.15) is 54.0 Å². The minimum Gasteiger partial charge on any atom is -0.673 e. The van der Waals surface area contributed by atoms with E-state index in [1.54, 1.807) is 0 Å². The summed E-state index contributed by atoms with van der Waals surface area (Å²) in [6.07, 6.45) is 3.66. The van der Waals surface area contributed by atoms with E-state index in [4.69, 9.17) is 5.73 Å². The fourth-order valence-corrected chi connectivity index (χ4v) is 3.95. The van der Waals surface area contributed by atoms with E-state index >= 15 is 0 Å². The summed E-state index contributed by atoms with van der Waals surface area (Å²) in [6, 6.07) is 8.69. The normalized spacial score (nSPS) is 18.8. The van der Waals surface area contributed by atoms with Gasteiger partial charge < -0.3 is 5.73 Å². The van der Waals surface area contributed by atoms with Crippen LogP contribution < -0.4 is 5.19 Å². The largest absolute Gasteiger partial charge is 2.00 e. The molecule has 1 atom stereocenters. The Bertz CT molecular complexity index is 600. The molecule has 1 aromatic carbocycles. The zero-order valence-corrected chi connectivity index (χ0v) is 21.7. The Morgan fingerprint density at radius 2 is 1.44 bits per heavy atom.